The summed E-state index contributed by atoms with van der Waals surface area (Å²) in [5.74, 6) is 0. The molecule has 0 aromatic heterocycles. The van der Waals surface area contributed by atoms with E-state index in [0.29, 0.717) is 0 Å². The lowest BCUT2D eigenvalue weighted by atomic mass is 10.1. The molecule has 1 N–H and O–H groups in total. The van der Waals surface area contributed by atoms with Crippen molar-refractivity contribution in [2.75, 3.05) is 5.32 Å². The van der Waals surface area contributed by atoms with E-state index in [1.165, 1.54) is 36.1 Å². The third kappa shape index (κ3) is 2.84. The van der Waals surface area contributed by atoms with Crippen LogP contribution in [-0.2, 0) is 19.4 Å². The Morgan fingerprint density at radius 2 is 1.89 bits per heavy atom. The van der Waals surface area contributed by atoms with Crippen LogP contribution < -0.4 is 5.32 Å². The number of hydrogen-bond acceptors (Lipinski definition) is 1. The molecule has 2 aromatic carbocycles. The predicted octanol–water partition coefficient (Wildman–Crippen LogP) is 4.86. The van der Waals surface area contributed by atoms with E-state index in [9.17, 15) is 0 Å². The highest BCUT2D eigenvalue weighted by atomic mass is 79.9. The van der Waals surface area contributed by atoms with Gasteiger partial charge < -0.3 is 5.32 Å². The van der Waals surface area contributed by atoms with Gasteiger partial charge in [-0.2, -0.15) is 0 Å². The van der Waals surface area contributed by atoms with Crippen molar-refractivity contribution in [1.29, 1.82) is 0 Å². The van der Waals surface area contributed by atoms with Gasteiger partial charge in [-0.3, -0.25) is 0 Å². The first-order valence-corrected chi connectivity index (χ1v) is 7.62. The van der Waals surface area contributed by atoms with Crippen LogP contribution in [0.2, 0.25) is 0 Å². The number of hydrogen-bond donors (Lipinski definition) is 1. The molecule has 3 rings (SSSR count). The van der Waals surface area contributed by atoms with E-state index in [2.05, 4.69) is 64.6 Å². The Balaban J connectivity index is 1.70. The number of nitrogens with one attached hydrogen (secondary N) is 1. The third-order valence-corrected chi connectivity index (χ3v) is 4.71. The van der Waals surface area contributed by atoms with E-state index in [-0.39, 0.29) is 0 Å². The second-order valence-corrected chi connectivity index (χ2v) is 6.13. The first kappa shape index (κ1) is 12.7. The van der Waals surface area contributed by atoms with E-state index in [1.807, 2.05) is 0 Å². The van der Waals surface area contributed by atoms with Crippen LogP contribution >= 0.6 is 15.9 Å². The molecule has 1 nitrogen and oxygen atoms in total. The maximum Gasteiger partial charge on any atom is 0.0400 e. The quantitative estimate of drug-likeness (QED) is 0.853. The molecule has 1 aliphatic rings. The zero-order valence-corrected chi connectivity index (χ0v) is 12.8. The summed E-state index contributed by atoms with van der Waals surface area (Å²) in [5.41, 5.74) is 6.91. The van der Waals surface area contributed by atoms with Crippen molar-refractivity contribution in [3.63, 3.8) is 0 Å². The minimum atomic E-state index is 0.897. The third-order valence-electron chi connectivity index (χ3n) is 3.82. The molecule has 0 fully saturated rings. The first-order valence-electron chi connectivity index (χ1n) is 6.83. The molecule has 0 radical (unpaired) electrons. The van der Waals surface area contributed by atoms with Crippen LogP contribution in [0.1, 0.15) is 28.7 Å². The minimum absolute atomic E-state index is 0.897. The molecule has 1 aliphatic carbocycles. The standard InChI is InChI=1S/C17H18BrN/c1-12-9-16(7-8-17(12)18)19-11-13-5-6-14-3-2-4-15(14)10-13/h5-10,19H,2-4,11H2,1H3. The molecule has 0 bridgehead atoms. The average Bonchev–Trinajstić information content (AvgIpc) is 2.87. The minimum Gasteiger partial charge on any atom is -0.381 e. The Kier molecular flexibility index (Phi) is 3.61. The summed E-state index contributed by atoms with van der Waals surface area (Å²) >= 11 is 3.53. The van der Waals surface area contributed by atoms with Crippen molar-refractivity contribution in [2.45, 2.75) is 32.7 Å². The van der Waals surface area contributed by atoms with Gasteiger partial charge in [0, 0.05) is 16.7 Å². The smallest absolute Gasteiger partial charge is 0.0400 e. The number of halogens is 1. The summed E-state index contributed by atoms with van der Waals surface area (Å²) in [5, 5.41) is 3.50. The van der Waals surface area contributed by atoms with Gasteiger partial charge in [-0.1, -0.05) is 34.1 Å². The van der Waals surface area contributed by atoms with Gasteiger partial charge in [0.25, 0.3) is 0 Å². The molecular formula is C17H18BrN. The van der Waals surface area contributed by atoms with Crippen LogP contribution in [-0.4, -0.2) is 0 Å². The summed E-state index contributed by atoms with van der Waals surface area (Å²) in [6.45, 7) is 3.01. The Morgan fingerprint density at radius 1 is 1.05 bits per heavy atom. The maximum absolute atomic E-state index is 3.53. The molecule has 19 heavy (non-hydrogen) atoms. The number of aryl methyl sites for hydroxylation is 3. The number of rotatable bonds is 3. The lowest BCUT2D eigenvalue weighted by Crippen LogP contribution is -2.00. The lowest BCUT2D eigenvalue weighted by molar-refractivity contribution is 0.911. The predicted molar refractivity (Wildman–Crippen MR) is 84.7 cm³/mol. The Bertz CT molecular complexity index is 604. The fraction of sp³-hybridized carbons (Fsp3) is 0.294. The molecule has 0 unspecified atom stereocenters. The average molecular weight is 316 g/mol. The Labute approximate surface area is 123 Å². The summed E-state index contributed by atoms with van der Waals surface area (Å²) in [6, 6.07) is 13.3. The zero-order valence-electron chi connectivity index (χ0n) is 11.2. The van der Waals surface area contributed by atoms with Crippen LogP contribution in [0.3, 0.4) is 0 Å². The molecule has 98 valence electrons. The molecule has 2 aromatic rings. The van der Waals surface area contributed by atoms with Gasteiger partial charge >= 0.3 is 0 Å². The van der Waals surface area contributed by atoms with Crippen molar-refractivity contribution in [3.05, 3.63) is 63.1 Å². The second-order valence-electron chi connectivity index (χ2n) is 5.27. The molecule has 0 aliphatic heterocycles. The van der Waals surface area contributed by atoms with E-state index in [4.69, 9.17) is 0 Å². The van der Waals surface area contributed by atoms with Crippen molar-refractivity contribution >= 4 is 21.6 Å². The summed E-state index contributed by atoms with van der Waals surface area (Å²) in [7, 11) is 0. The topological polar surface area (TPSA) is 12.0 Å². The van der Waals surface area contributed by atoms with Crippen molar-refractivity contribution in [1.82, 2.24) is 0 Å². The van der Waals surface area contributed by atoms with Crippen molar-refractivity contribution in [3.8, 4) is 0 Å². The van der Waals surface area contributed by atoms with Gasteiger partial charge in [-0.05, 0) is 66.6 Å². The Morgan fingerprint density at radius 3 is 2.74 bits per heavy atom. The van der Waals surface area contributed by atoms with E-state index in [0.717, 1.165) is 11.0 Å². The number of fused-ring (bicyclic) bond motifs is 1. The lowest BCUT2D eigenvalue weighted by Gasteiger charge is -2.09. The van der Waals surface area contributed by atoms with Gasteiger partial charge in [0.2, 0.25) is 0 Å². The monoisotopic (exact) mass is 315 g/mol. The molecule has 0 saturated carbocycles. The fourth-order valence-electron chi connectivity index (χ4n) is 2.69. The largest absolute Gasteiger partial charge is 0.381 e. The maximum atomic E-state index is 3.53. The highest BCUT2D eigenvalue weighted by molar-refractivity contribution is 9.10. The highest BCUT2D eigenvalue weighted by Crippen LogP contribution is 2.24. The molecule has 0 spiro atoms. The highest BCUT2D eigenvalue weighted by Gasteiger charge is 2.10. The molecule has 0 amide bonds. The molecule has 0 heterocycles. The van der Waals surface area contributed by atoms with Gasteiger partial charge in [-0.25, -0.2) is 0 Å². The molecule has 0 atom stereocenters. The zero-order chi connectivity index (χ0) is 13.2. The second kappa shape index (κ2) is 5.38. The van der Waals surface area contributed by atoms with Crippen molar-refractivity contribution < 1.29 is 0 Å². The molecule has 2 heteroatoms. The summed E-state index contributed by atoms with van der Waals surface area (Å²) < 4.78 is 1.16. The van der Waals surface area contributed by atoms with Crippen LogP contribution in [0.15, 0.2) is 40.9 Å². The first-order chi connectivity index (χ1) is 9.22. The van der Waals surface area contributed by atoms with Gasteiger partial charge in [0.15, 0.2) is 0 Å². The molecular weight excluding hydrogens is 298 g/mol. The van der Waals surface area contributed by atoms with E-state index in [1.54, 1.807) is 11.1 Å². The van der Waals surface area contributed by atoms with E-state index < -0.39 is 0 Å². The van der Waals surface area contributed by atoms with Gasteiger partial charge in [-0.15, -0.1) is 0 Å². The molecule has 0 saturated heterocycles. The number of anilines is 1. The van der Waals surface area contributed by atoms with Crippen LogP contribution in [0.4, 0.5) is 5.69 Å². The van der Waals surface area contributed by atoms with Gasteiger partial charge in [0.05, 0.1) is 0 Å². The fourth-order valence-corrected chi connectivity index (χ4v) is 2.94. The van der Waals surface area contributed by atoms with Gasteiger partial charge in [0.1, 0.15) is 0 Å². The van der Waals surface area contributed by atoms with Crippen LogP contribution in [0.25, 0.3) is 0 Å². The summed E-state index contributed by atoms with van der Waals surface area (Å²) in [6.07, 6.45) is 3.83. The van der Waals surface area contributed by atoms with E-state index >= 15 is 0 Å². The van der Waals surface area contributed by atoms with Crippen LogP contribution in [0.5, 0.6) is 0 Å². The van der Waals surface area contributed by atoms with Crippen LogP contribution in [0, 0.1) is 6.92 Å². The number of benzene rings is 2. The Hall–Kier alpha value is -1.28. The van der Waals surface area contributed by atoms with Crippen molar-refractivity contribution in [2.24, 2.45) is 0 Å². The SMILES string of the molecule is Cc1cc(NCc2ccc3c(c2)CCC3)ccc1Br. The normalized spacial score (nSPS) is 13.4. The summed E-state index contributed by atoms with van der Waals surface area (Å²) in [4.78, 5) is 0.